The quantitative estimate of drug-likeness (QED) is 0.384. The molecule has 0 unspecified atom stereocenters. The van der Waals surface area contributed by atoms with E-state index in [-0.39, 0.29) is 11.3 Å². The van der Waals surface area contributed by atoms with Crippen LogP contribution in [0.1, 0.15) is 16.1 Å². The SMILES string of the molecule is Cc1ccc(-c2c(C(=O)OCC(=O)Nc3ccccc3Br)n(C)c(=O)c3ccccc23)cc1. The molecule has 166 valence electrons. The number of pyridine rings is 1. The number of halogens is 1. The molecule has 33 heavy (non-hydrogen) atoms. The number of rotatable bonds is 5. The first-order valence-electron chi connectivity index (χ1n) is 10.3. The van der Waals surface area contributed by atoms with E-state index in [4.69, 9.17) is 4.74 Å². The van der Waals surface area contributed by atoms with E-state index in [1.54, 1.807) is 30.3 Å². The molecule has 7 heteroatoms. The first kappa shape index (κ1) is 22.5. The number of ether oxygens (including phenoxy) is 1. The number of hydrogen-bond donors (Lipinski definition) is 1. The molecule has 1 amide bonds. The van der Waals surface area contributed by atoms with Gasteiger partial charge in [-0.1, -0.05) is 60.2 Å². The molecular weight excluding hydrogens is 484 g/mol. The van der Waals surface area contributed by atoms with Gasteiger partial charge in [-0.05, 0) is 52.0 Å². The van der Waals surface area contributed by atoms with Gasteiger partial charge in [0, 0.05) is 22.5 Å². The van der Waals surface area contributed by atoms with Crippen LogP contribution < -0.4 is 10.9 Å². The van der Waals surface area contributed by atoms with Crippen LogP contribution in [0.25, 0.3) is 21.9 Å². The average Bonchev–Trinajstić information content (AvgIpc) is 2.82. The highest BCUT2D eigenvalue weighted by atomic mass is 79.9. The highest BCUT2D eigenvalue weighted by Crippen LogP contribution is 2.31. The molecule has 4 aromatic rings. The first-order valence-corrected chi connectivity index (χ1v) is 11.1. The summed E-state index contributed by atoms with van der Waals surface area (Å²) >= 11 is 3.36. The second kappa shape index (κ2) is 9.42. The lowest BCUT2D eigenvalue weighted by atomic mass is 9.96. The van der Waals surface area contributed by atoms with E-state index in [0.717, 1.165) is 11.1 Å². The standard InChI is InChI=1S/C26H21BrN2O4/c1-16-11-13-17(14-12-16)23-18-7-3-4-8-19(18)25(31)29(2)24(23)26(32)33-15-22(30)28-21-10-6-5-9-20(21)27/h3-14H,15H2,1-2H3,(H,28,30). The predicted octanol–water partition coefficient (Wildman–Crippen LogP) is 5.07. The summed E-state index contributed by atoms with van der Waals surface area (Å²) < 4.78 is 7.34. The topological polar surface area (TPSA) is 77.4 Å². The van der Waals surface area contributed by atoms with Crippen LogP contribution in [0.3, 0.4) is 0 Å². The number of esters is 1. The molecule has 0 aliphatic heterocycles. The number of carbonyl (C=O) groups excluding carboxylic acids is 2. The average molecular weight is 505 g/mol. The van der Waals surface area contributed by atoms with Crippen LogP contribution in [-0.2, 0) is 16.6 Å². The van der Waals surface area contributed by atoms with Gasteiger partial charge in [0.2, 0.25) is 0 Å². The van der Waals surface area contributed by atoms with Crippen LogP contribution in [0.2, 0.25) is 0 Å². The summed E-state index contributed by atoms with van der Waals surface area (Å²) in [5, 5.41) is 3.84. The molecule has 0 atom stereocenters. The van der Waals surface area contributed by atoms with Crippen LogP contribution in [0, 0.1) is 6.92 Å². The van der Waals surface area contributed by atoms with Gasteiger partial charge in [-0.2, -0.15) is 0 Å². The number of nitrogens with one attached hydrogen (secondary N) is 1. The van der Waals surface area contributed by atoms with Crippen molar-refractivity contribution in [2.75, 3.05) is 11.9 Å². The van der Waals surface area contributed by atoms with Gasteiger partial charge in [0.15, 0.2) is 6.61 Å². The molecule has 0 aliphatic carbocycles. The Morgan fingerprint density at radius 3 is 2.27 bits per heavy atom. The van der Waals surface area contributed by atoms with E-state index in [1.807, 2.05) is 49.4 Å². The largest absolute Gasteiger partial charge is 0.451 e. The number of hydrogen-bond acceptors (Lipinski definition) is 4. The van der Waals surface area contributed by atoms with Gasteiger partial charge in [0.25, 0.3) is 11.5 Å². The van der Waals surface area contributed by atoms with Crippen molar-refractivity contribution >= 4 is 44.3 Å². The van der Waals surface area contributed by atoms with Gasteiger partial charge in [0.1, 0.15) is 5.69 Å². The fourth-order valence-corrected chi connectivity index (χ4v) is 4.05. The Labute approximate surface area is 198 Å². The molecule has 3 aromatic carbocycles. The number of aryl methyl sites for hydroxylation is 1. The predicted molar refractivity (Wildman–Crippen MR) is 132 cm³/mol. The zero-order valence-electron chi connectivity index (χ0n) is 18.1. The van der Waals surface area contributed by atoms with Crippen LogP contribution in [0.15, 0.2) is 82.1 Å². The van der Waals surface area contributed by atoms with E-state index in [0.29, 0.717) is 26.5 Å². The van der Waals surface area contributed by atoms with Crippen molar-refractivity contribution in [2.45, 2.75) is 6.92 Å². The van der Waals surface area contributed by atoms with E-state index in [9.17, 15) is 14.4 Å². The summed E-state index contributed by atoms with van der Waals surface area (Å²) in [5.74, 6) is -1.24. The molecule has 1 N–H and O–H groups in total. The van der Waals surface area contributed by atoms with Crippen molar-refractivity contribution in [2.24, 2.45) is 7.05 Å². The van der Waals surface area contributed by atoms with Crippen molar-refractivity contribution in [3.8, 4) is 11.1 Å². The fourth-order valence-electron chi connectivity index (χ4n) is 3.66. The molecule has 0 saturated heterocycles. The zero-order chi connectivity index (χ0) is 23.5. The number of aromatic nitrogens is 1. The van der Waals surface area contributed by atoms with Gasteiger partial charge in [-0.3, -0.25) is 9.59 Å². The number of nitrogens with zero attached hydrogens (tertiary/aromatic N) is 1. The van der Waals surface area contributed by atoms with Crippen LogP contribution in [0.4, 0.5) is 5.69 Å². The molecule has 0 bridgehead atoms. The van der Waals surface area contributed by atoms with Crippen molar-refractivity contribution in [1.29, 1.82) is 0 Å². The van der Waals surface area contributed by atoms with Gasteiger partial charge in [0.05, 0.1) is 5.69 Å². The normalized spacial score (nSPS) is 10.8. The molecule has 6 nitrogen and oxygen atoms in total. The molecule has 1 aromatic heterocycles. The van der Waals surface area contributed by atoms with Gasteiger partial charge in [-0.25, -0.2) is 4.79 Å². The third-order valence-electron chi connectivity index (χ3n) is 5.32. The van der Waals surface area contributed by atoms with Gasteiger partial charge >= 0.3 is 5.97 Å². The maximum absolute atomic E-state index is 13.2. The monoisotopic (exact) mass is 504 g/mol. The Morgan fingerprint density at radius 2 is 1.58 bits per heavy atom. The molecule has 4 rings (SSSR count). The maximum Gasteiger partial charge on any atom is 0.356 e. The molecule has 0 spiro atoms. The van der Waals surface area contributed by atoms with E-state index >= 15 is 0 Å². The van der Waals surface area contributed by atoms with Crippen molar-refractivity contribution in [3.63, 3.8) is 0 Å². The number of benzene rings is 3. The number of carbonyl (C=O) groups is 2. The van der Waals surface area contributed by atoms with Crippen molar-refractivity contribution in [3.05, 3.63) is 98.9 Å². The second-order valence-electron chi connectivity index (χ2n) is 7.60. The summed E-state index contributed by atoms with van der Waals surface area (Å²) in [7, 11) is 1.53. The summed E-state index contributed by atoms with van der Waals surface area (Å²) in [6.45, 7) is 1.48. The van der Waals surface area contributed by atoms with E-state index in [1.165, 1.54) is 11.6 Å². The number of anilines is 1. The second-order valence-corrected chi connectivity index (χ2v) is 8.46. The van der Waals surface area contributed by atoms with Crippen LogP contribution >= 0.6 is 15.9 Å². The number of amides is 1. The van der Waals surface area contributed by atoms with Crippen LogP contribution in [-0.4, -0.2) is 23.1 Å². The fraction of sp³-hybridized carbons (Fsp3) is 0.115. The lowest BCUT2D eigenvalue weighted by Gasteiger charge is -2.17. The Hall–Kier alpha value is -3.71. The summed E-state index contributed by atoms with van der Waals surface area (Å²) in [4.78, 5) is 38.5. The Kier molecular flexibility index (Phi) is 6.42. The Morgan fingerprint density at radius 1 is 0.939 bits per heavy atom. The molecule has 1 heterocycles. The third-order valence-corrected chi connectivity index (χ3v) is 6.01. The minimum atomic E-state index is -0.752. The highest BCUT2D eigenvalue weighted by Gasteiger charge is 2.23. The summed E-state index contributed by atoms with van der Waals surface area (Å²) in [6, 6.07) is 22.0. The third kappa shape index (κ3) is 4.59. The van der Waals surface area contributed by atoms with Crippen molar-refractivity contribution < 1.29 is 14.3 Å². The molecular formula is C26H21BrN2O4. The Bertz CT molecular complexity index is 1420. The lowest BCUT2D eigenvalue weighted by molar-refractivity contribution is -0.119. The van der Waals surface area contributed by atoms with Crippen LogP contribution in [0.5, 0.6) is 0 Å². The van der Waals surface area contributed by atoms with Gasteiger partial charge < -0.3 is 14.6 Å². The molecule has 0 aliphatic rings. The lowest BCUT2D eigenvalue weighted by Crippen LogP contribution is -2.28. The number of fused-ring (bicyclic) bond motifs is 1. The maximum atomic E-state index is 13.2. The first-order chi connectivity index (χ1) is 15.9. The molecule has 0 radical (unpaired) electrons. The minimum absolute atomic E-state index is 0.0937. The Balaban J connectivity index is 1.71. The number of para-hydroxylation sites is 1. The molecule has 0 fully saturated rings. The zero-order valence-corrected chi connectivity index (χ0v) is 19.7. The van der Waals surface area contributed by atoms with E-state index in [2.05, 4.69) is 21.2 Å². The highest BCUT2D eigenvalue weighted by molar-refractivity contribution is 9.10. The minimum Gasteiger partial charge on any atom is -0.451 e. The van der Waals surface area contributed by atoms with Gasteiger partial charge in [-0.15, -0.1) is 0 Å². The summed E-state index contributed by atoms with van der Waals surface area (Å²) in [5.41, 5.74) is 2.78. The van der Waals surface area contributed by atoms with Crippen molar-refractivity contribution in [1.82, 2.24) is 4.57 Å². The smallest absolute Gasteiger partial charge is 0.356 e. The van der Waals surface area contributed by atoms with E-state index < -0.39 is 18.5 Å². The summed E-state index contributed by atoms with van der Waals surface area (Å²) in [6.07, 6.45) is 0. The molecule has 0 saturated carbocycles.